The molecule has 0 aliphatic carbocycles. The van der Waals surface area contributed by atoms with Crippen molar-refractivity contribution in [2.75, 3.05) is 7.11 Å². The SMILES string of the molecule is COC1C(C)OC(C)C(NC(=O)CC(C)(C)O)C1O. The zero-order chi connectivity index (χ0) is 14.8. The van der Waals surface area contributed by atoms with Gasteiger partial charge in [-0.15, -0.1) is 0 Å². The first kappa shape index (κ1) is 16.4. The van der Waals surface area contributed by atoms with Gasteiger partial charge in [0.05, 0.1) is 30.3 Å². The number of methoxy groups -OCH3 is 1. The number of rotatable bonds is 4. The van der Waals surface area contributed by atoms with Crippen molar-refractivity contribution in [3.05, 3.63) is 0 Å². The molecule has 1 aliphatic rings. The topological polar surface area (TPSA) is 88.0 Å². The zero-order valence-electron chi connectivity index (χ0n) is 12.2. The Labute approximate surface area is 114 Å². The molecule has 3 N–H and O–H groups in total. The number of hydrogen-bond acceptors (Lipinski definition) is 5. The Morgan fingerprint density at radius 1 is 1.37 bits per heavy atom. The molecule has 112 valence electrons. The van der Waals surface area contributed by atoms with Crippen molar-refractivity contribution in [2.45, 2.75) is 70.2 Å². The second-order valence-corrected chi connectivity index (χ2v) is 5.82. The molecular weight excluding hydrogens is 250 g/mol. The summed E-state index contributed by atoms with van der Waals surface area (Å²) in [6.45, 7) is 6.73. The van der Waals surface area contributed by atoms with Gasteiger partial charge in [0, 0.05) is 7.11 Å². The number of carbonyl (C=O) groups is 1. The highest BCUT2D eigenvalue weighted by molar-refractivity contribution is 5.77. The normalized spacial score (nSPS) is 36.1. The third kappa shape index (κ3) is 4.42. The third-order valence-electron chi connectivity index (χ3n) is 3.30. The summed E-state index contributed by atoms with van der Waals surface area (Å²) in [5.74, 6) is -0.323. The monoisotopic (exact) mass is 275 g/mol. The van der Waals surface area contributed by atoms with Gasteiger partial charge in [0.1, 0.15) is 12.2 Å². The molecule has 1 fully saturated rings. The maximum atomic E-state index is 11.8. The fourth-order valence-corrected chi connectivity index (χ4v) is 2.42. The maximum absolute atomic E-state index is 11.8. The maximum Gasteiger partial charge on any atom is 0.223 e. The summed E-state index contributed by atoms with van der Waals surface area (Å²) in [7, 11) is 1.50. The van der Waals surface area contributed by atoms with Crippen molar-refractivity contribution >= 4 is 5.91 Å². The van der Waals surface area contributed by atoms with Gasteiger partial charge in [-0.25, -0.2) is 0 Å². The average molecular weight is 275 g/mol. The largest absolute Gasteiger partial charge is 0.390 e. The number of nitrogens with one attached hydrogen (secondary N) is 1. The highest BCUT2D eigenvalue weighted by atomic mass is 16.6. The molecule has 1 heterocycles. The van der Waals surface area contributed by atoms with Gasteiger partial charge in [-0.05, 0) is 27.7 Å². The fourth-order valence-electron chi connectivity index (χ4n) is 2.42. The second kappa shape index (κ2) is 6.17. The predicted octanol–water partition coefficient (Wildman–Crippen LogP) is -0.185. The summed E-state index contributed by atoms with van der Waals surface area (Å²) in [6.07, 6.45) is -1.91. The van der Waals surface area contributed by atoms with E-state index < -0.39 is 23.9 Å². The van der Waals surface area contributed by atoms with Crippen LogP contribution >= 0.6 is 0 Å². The summed E-state index contributed by atoms with van der Waals surface area (Å²) < 4.78 is 10.8. The zero-order valence-corrected chi connectivity index (χ0v) is 12.2. The Hall–Kier alpha value is -0.690. The van der Waals surface area contributed by atoms with Crippen molar-refractivity contribution in [3.8, 4) is 0 Å². The lowest BCUT2D eigenvalue weighted by atomic mass is 9.93. The van der Waals surface area contributed by atoms with Crippen LogP contribution in [0.25, 0.3) is 0 Å². The van der Waals surface area contributed by atoms with Crippen LogP contribution in [0.1, 0.15) is 34.1 Å². The summed E-state index contributed by atoms with van der Waals surface area (Å²) in [5.41, 5.74) is -1.08. The van der Waals surface area contributed by atoms with E-state index in [2.05, 4.69) is 5.32 Å². The molecule has 0 radical (unpaired) electrons. The Bertz CT molecular complexity index is 315. The molecule has 19 heavy (non-hydrogen) atoms. The number of amides is 1. The number of aliphatic hydroxyl groups excluding tert-OH is 1. The highest BCUT2D eigenvalue weighted by Gasteiger charge is 2.42. The van der Waals surface area contributed by atoms with Crippen molar-refractivity contribution in [3.63, 3.8) is 0 Å². The van der Waals surface area contributed by atoms with Crippen LogP contribution in [0.4, 0.5) is 0 Å². The highest BCUT2D eigenvalue weighted by Crippen LogP contribution is 2.23. The first-order valence-electron chi connectivity index (χ1n) is 6.54. The molecule has 6 nitrogen and oxygen atoms in total. The number of carbonyl (C=O) groups excluding carboxylic acids is 1. The molecule has 0 aromatic rings. The molecule has 1 rings (SSSR count). The fraction of sp³-hybridized carbons (Fsp3) is 0.923. The number of aliphatic hydroxyl groups is 2. The molecule has 5 unspecified atom stereocenters. The smallest absolute Gasteiger partial charge is 0.223 e. The van der Waals surface area contributed by atoms with Crippen LogP contribution < -0.4 is 5.32 Å². The van der Waals surface area contributed by atoms with Crippen molar-refractivity contribution < 1.29 is 24.5 Å². The molecule has 1 saturated heterocycles. The lowest BCUT2D eigenvalue weighted by Crippen LogP contribution is -2.62. The summed E-state index contributed by atoms with van der Waals surface area (Å²) in [6, 6.07) is -0.545. The van der Waals surface area contributed by atoms with Crippen LogP contribution in [0, 0.1) is 0 Å². The van der Waals surface area contributed by atoms with Crippen LogP contribution in [0.5, 0.6) is 0 Å². The van der Waals surface area contributed by atoms with Crippen LogP contribution in [0.2, 0.25) is 0 Å². The first-order chi connectivity index (χ1) is 8.65. The molecule has 0 aromatic heterocycles. The van der Waals surface area contributed by atoms with E-state index in [0.29, 0.717) is 0 Å². The Kier molecular flexibility index (Phi) is 5.32. The van der Waals surface area contributed by atoms with Crippen molar-refractivity contribution in [2.24, 2.45) is 0 Å². The Balaban J connectivity index is 2.68. The standard InChI is InChI=1S/C13H25NO5/c1-7-10(14-9(15)6-13(3,4)17)11(16)12(18-5)8(2)19-7/h7-8,10-12,16-17H,6H2,1-5H3,(H,14,15). The van der Waals surface area contributed by atoms with E-state index in [9.17, 15) is 15.0 Å². The minimum Gasteiger partial charge on any atom is -0.390 e. The van der Waals surface area contributed by atoms with E-state index in [1.807, 2.05) is 6.92 Å². The third-order valence-corrected chi connectivity index (χ3v) is 3.30. The van der Waals surface area contributed by atoms with Gasteiger partial charge in [0.25, 0.3) is 0 Å². The first-order valence-corrected chi connectivity index (χ1v) is 6.54. The van der Waals surface area contributed by atoms with Gasteiger partial charge in [0.15, 0.2) is 0 Å². The van der Waals surface area contributed by atoms with Crippen LogP contribution in [0.15, 0.2) is 0 Å². The van der Waals surface area contributed by atoms with Crippen LogP contribution in [-0.2, 0) is 14.3 Å². The van der Waals surface area contributed by atoms with Gasteiger partial charge >= 0.3 is 0 Å². The van der Waals surface area contributed by atoms with E-state index in [-0.39, 0.29) is 24.5 Å². The lowest BCUT2D eigenvalue weighted by molar-refractivity contribution is -0.185. The van der Waals surface area contributed by atoms with Crippen molar-refractivity contribution in [1.82, 2.24) is 5.32 Å². The molecule has 5 atom stereocenters. The van der Waals surface area contributed by atoms with E-state index >= 15 is 0 Å². The molecule has 0 aromatic carbocycles. The van der Waals surface area contributed by atoms with Crippen LogP contribution in [-0.4, -0.2) is 59.3 Å². The van der Waals surface area contributed by atoms with Crippen LogP contribution in [0.3, 0.4) is 0 Å². The molecule has 0 saturated carbocycles. The number of ether oxygens (including phenoxy) is 2. The minimum absolute atomic E-state index is 0.0316. The van der Waals surface area contributed by atoms with Crippen molar-refractivity contribution in [1.29, 1.82) is 0 Å². The molecule has 1 aliphatic heterocycles. The predicted molar refractivity (Wildman–Crippen MR) is 69.7 cm³/mol. The van der Waals surface area contributed by atoms with E-state index in [1.54, 1.807) is 20.8 Å². The molecule has 0 spiro atoms. The lowest BCUT2D eigenvalue weighted by Gasteiger charge is -2.42. The van der Waals surface area contributed by atoms with Gasteiger partial charge in [0.2, 0.25) is 5.91 Å². The quantitative estimate of drug-likeness (QED) is 0.662. The van der Waals surface area contributed by atoms with Gasteiger partial charge < -0.3 is 25.0 Å². The number of hydrogen-bond donors (Lipinski definition) is 3. The Morgan fingerprint density at radius 3 is 2.42 bits per heavy atom. The molecular formula is C13H25NO5. The van der Waals surface area contributed by atoms with E-state index in [0.717, 1.165) is 0 Å². The second-order valence-electron chi connectivity index (χ2n) is 5.82. The van der Waals surface area contributed by atoms with Gasteiger partial charge in [-0.3, -0.25) is 4.79 Å². The van der Waals surface area contributed by atoms with E-state index in [4.69, 9.17) is 9.47 Å². The van der Waals surface area contributed by atoms with Gasteiger partial charge in [-0.2, -0.15) is 0 Å². The molecule has 0 bridgehead atoms. The minimum atomic E-state index is -1.08. The molecule has 6 heteroatoms. The van der Waals surface area contributed by atoms with Gasteiger partial charge in [-0.1, -0.05) is 0 Å². The summed E-state index contributed by atoms with van der Waals surface area (Å²) in [4.78, 5) is 11.8. The summed E-state index contributed by atoms with van der Waals surface area (Å²) in [5, 5.41) is 22.6. The Morgan fingerprint density at radius 2 is 1.95 bits per heavy atom. The summed E-state index contributed by atoms with van der Waals surface area (Å²) >= 11 is 0. The molecule has 1 amide bonds. The average Bonchev–Trinajstić information content (AvgIpc) is 2.22. The van der Waals surface area contributed by atoms with E-state index in [1.165, 1.54) is 7.11 Å².